The number of fused-ring (bicyclic) bond motifs is 2. The second-order valence-corrected chi connectivity index (χ2v) is 8.03. The lowest BCUT2D eigenvalue weighted by Crippen LogP contribution is -2.28. The van der Waals surface area contributed by atoms with E-state index in [-0.39, 0.29) is 24.4 Å². The summed E-state index contributed by atoms with van der Waals surface area (Å²) in [4.78, 5) is 25.1. The number of thiol groups is 1. The number of carbonyl (C=O) groups is 2. The van der Waals surface area contributed by atoms with E-state index in [1.807, 2.05) is 48.5 Å². The summed E-state index contributed by atoms with van der Waals surface area (Å²) >= 11 is 4.30. The fourth-order valence-electron chi connectivity index (χ4n) is 2.89. The van der Waals surface area contributed by atoms with E-state index in [0.29, 0.717) is 0 Å². The van der Waals surface area contributed by atoms with Gasteiger partial charge >= 0.3 is 0 Å². The molecule has 26 heavy (non-hydrogen) atoms. The summed E-state index contributed by atoms with van der Waals surface area (Å²) in [6.45, 7) is 3.50. The maximum atomic E-state index is 13.0. The fourth-order valence-corrected chi connectivity index (χ4v) is 3.00. The minimum atomic E-state index is -0.732. The van der Waals surface area contributed by atoms with E-state index >= 15 is 0 Å². The van der Waals surface area contributed by atoms with Gasteiger partial charge in [-0.1, -0.05) is 42.2 Å². The molecule has 1 aliphatic heterocycles. The third kappa shape index (κ3) is 4.00. The molecule has 132 valence electrons. The summed E-state index contributed by atoms with van der Waals surface area (Å²) in [6, 6.07) is 14.8. The van der Waals surface area contributed by atoms with Gasteiger partial charge in [0.1, 0.15) is 11.8 Å². The van der Waals surface area contributed by atoms with Crippen molar-refractivity contribution in [3.63, 3.8) is 0 Å². The summed E-state index contributed by atoms with van der Waals surface area (Å²) in [5.74, 6) is 6.28. The van der Waals surface area contributed by atoms with Gasteiger partial charge in [0.25, 0.3) is 0 Å². The van der Waals surface area contributed by atoms with E-state index in [0.717, 1.165) is 22.4 Å². The van der Waals surface area contributed by atoms with Gasteiger partial charge in [0.2, 0.25) is 0 Å². The number of rotatable bonds is 5. The molecular weight excluding hydrogens is 342 g/mol. The Kier molecular flexibility index (Phi) is 5.20. The first-order valence-electron chi connectivity index (χ1n) is 8.61. The van der Waals surface area contributed by atoms with Gasteiger partial charge in [-0.15, -0.1) is 0 Å². The minimum absolute atomic E-state index is 0.0260. The van der Waals surface area contributed by atoms with E-state index in [9.17, 15) is 9.59 Å². The number of nitrogens with one attached hydrogen (secondary N) is 1. The quantitative estimate of drug-likeness (QED) is 0.619. The van der Waals surface area contributed by atoms with Gasteiger partial charge in [0.05, 0.1) is 10.4 Å². The number of Topliss-reactive ketones (excluding diaryl/α,β-unsaturated/α-hetero) is 2. The predicted octanol–water partition coefficient (Wildman–Crippen LogP) is 4.18. The van der Waals surface area contributed by atoms with E-state index in [1.165, 1.54) is 0 Å². The first-order chi connectivity index (χ1) is 12.4. The third-order valence-electron chi connectivity index (χ3n) is 4.43. The second-order valence-electron chi connectivity index (χ2n) is 6.91. The highest BCUT2D eigenvalue weighted by atomic mass is 32.1. The molecule has 0 radical (unpaired) electrons. The fraction of sp³-hybridized carbons (Fsp3) is 0.273. The van der Waals surface area contributed by atoms with Gasteiger partial charge in [-0.05, 0) is 37.6 Å². The topological polar surface area (TPSA) is 46.2 Å². The van der Waals surface area contributed by atoms with Crippen LogP contribution in [0.25, 0.3) is 0 Å². The number of benzene rings is 2. The van der Waals surface area contributed by atoms with Crippen LogP contribution in [0.2, 0.25) is 0 Å². The molecule has 4 heteroatoms. The number of carbonyl (C=O) groups excluding carboxylic acids is 2. The van der Waals surface area contributed by atoms with Crippen molar-refractivity contribution >= 4 is 29.9 Å². The number of para-hydroxylation sites is 1. The Balaban J connectivity index is 1.92. The number of hydrogen-bond donors (Lipinski definition) is 2. The Morgan fingerprint density at radius 2 is 1.62 bits per heavy atom. The molecular formula is C22H21NO2S. The smallest absolute Gasteiger partial charge is 0.160 e. The van der Waals surface area contributed by atoms with Crippen LogP contribution in [0.1, 0.15) is 49.4 Å². The lowest BCUT2D eigenvalue weighted by molar-refractivity contribution is -0.125. The summed E-state index contributed by atoms with van der Waals surface area (Å²) in [5.41, 5.74) is 3.35. The maximum absolute atomic E-state index is 13.0. The van der Waals surface area contributed by atoms with Gasteiger partial charge in [0.15, 0.2) is 5.78 Å². The first kappa shape index (κ1) is 18.3. The molecule has 1 N–H and O–H groups in total. The Morgan fingerprint density at radius 3 is 2.35 bits per heavy atom. The van der Waals surface area contributed by atoms with Gasteiger partial charge in [-0.3, -0.25) is 9.59 Å². The van der Waals surface area contributed by atoms with Gasteiger partial charge in [0, 0.05) is 24.0 Å². The van der Waals surface area contributed by atoms with Crippen molar-refractivity contribution in [1.29, 1.82) is 0 Å². The van der Waals surface area contributed by atoms with Crippen LogP contribution in [-0.4, -0.2) is 16.3 Å². The van der Waals surface area contributed by atoms with Crippen molar-refractivity contribution in [1.82, 2.24) is 0 Å². The summed E-state index contributed by atoms with van der Waals surface area (Å²) < 4.78 is -0.732. The lowest BCUT2D eigenvalue weighted by atomic mass is 9.92. The highest BCUT2D eigenvalue weighted by Crippen LogP contribution is 2.29. The molecule has 1 aliphatic rings. The molecule has 2 aromatic carbocycles. The Morgan fingerprint density at radius 1 is 1.00 bits per heavy atom. The van der Waals surface area contributed by atoms with Gasteiger partial charge < -0.3 is 5.32 Å². The van der Waals surface area contributed by atoms with E-state index in [1.54, 1.807) is 13.8 Å². The van der Waals surface area contributed by atoms with Crippen LogP contribution >= 0.6 is 12.6 Å². The zero-order valence-electron chi connectivity index (χ0n) is 14.9. The molecule has 1 atom stereocenters. The average molecular weight is 363 g/mol. The van der Waals surface area contributed by atoms with Gasteiger partial charge in [-0.25, -0.2) is 0 Å². The molecule has 0 amide bonds. The molecule has 0 spiro atoms. The van der Waals surface area contributed by atoms with Crippen LogP contribution in [0.4, 0.5) is 5.69 Å². The molecule has 1 unspecified atom stereocenters. The molecule has 0 bridgehead atoms. The highest BCUT2D eigenvalue weighted by Gasteiger charge is 2.27. The molecule has 0 aromatic heterocycles. The Labute approximate surface area is 159 Å². The SMILES string of the molecule is CC(C)(S)C(=O)CCC(=O)C1Nc2ccccc2C#Cc2ccccc21. The summed E-state index contributed by atoms with van der Waals surface area (Å²) in [7, 11) is 0. The summed E-state index contributed by atoms with van der Waals surface area (Å²) in [6.07, 6.45) is 0.355. The minimum Gasteiger partial charge on any atom is -0.371 e. The number of hydrogen-bond acceptors (Lipinski definition) is 4. The van der Waals surface area contributed by atoms with Crippen LogP contribution in [0, 0.1) is 11.8 Å². The lowest BCUT2D eigenvalue weighted by Gasteiger charge is -2.23. The standard InChI is InChI=1S/C22H21NO2S/c1-22(2,26)20(25)14-13-19(24)21-17-9-5-3-7-15(17)11-12-16-8-4-6-10-18(16)23-21/h3-10,21,23,26H,13-14H2,1-2H3. The molecule has 0 saturated carbocycles. The molecule has 3 rings (SSSR count). The van der Waals surface area contributed by atoms with Gasteiger partial charge in [-0.2, -0.15) is 12.6 Å². The monoisotopic (exact) mass is 363 g/mol. The van der Waals surface area contributed by atoms with Crippen LogP contribution in [0.15, 0.2) is 48.5 Å². The van der Waals surface area contributed by atoms with E-state index in [4.69, 9.17) is 0 Å². The molecule has 0 saturated heterocycles. The van der Waals surface area contributed by atoms with Crippen molar-refractivity contribution in [2.24, 2.45) is 0 Å². The zero-order chi connectivity index (χ0) is 18.7. The van der Waals surface area contributed by atoms with Crippen LogP contribution in [0.5, 0.6) is 0 Å². The molecule has 0 fully saturated rings. The molecule has 1 heterocycles. The largest absolute Gasteiger partial charge is 0.371 e. The first-order valence-corrected chi connectivity index (χ1v) is 9.06. The van der Waals surface area contributed by atoms with Crippen molar-refractivity contribution in [3.8, 4) is 11.8 Å². The number of anilines is 1. The molecule has 3 nitrogen and oxygen atoms in total. The van der Waals surface area contributed by atoms with E-state index in [2.05, 4.69) is 29.8 Å². The van der Waals surface area contributed by atoms with Crippen LogP contribution in [0.3, 0.4) is 0 Å². The predicted molar refractivity (Wildman–Crippen MR) is 108 cm³/mol. The molecule has 0 aliphatic carbocycles. The van der Waals surface area contributed by atoms with Crippen molar-refractivity contribution in [2.45, 2.75) is 37.5 Å². The Hall–Kier alpha value is -2.51. The zero-order valence-corrected chi connectivity index (χ0v) is 15.8. The van der Waals surface area contributed by atoms with Crippen LogP contribution in [-0.2, 0) is 9.59 Å². The number of ketones is 2. The average Bonchev–Trinajstić information content (AvgIpc) is 2.60. The summed E-state index contributed by atoms with van der Waals surface area (Å²) in [5, 5.41) is 3.34. The Bertz CT molecular complexity index is 915. The second kappa shape index (κ2) is 7.39. The van der Waals surface area contributed by atoms with Crippen molar-refractivity contribution in [2.75, 3.05) is 5.32 Å². The van der Waals surface area contributed by atoms with Crippen molar-refractivity contribution < 1.29 is 9.59 Å². The third-order valence-corrected chi connectivity index (χ3v) is 4.68. The highest BCUT2D eigenvalue weighted by molar-refractivity contribution is 7.82. The van der Waals surface area contributed by atoms with Crippen molar-refractivity contribution in [3.05, 3.63) is 65.2 Å². The molecule has 2 aromatic rings. The maximum Gasteiger partial charge on any atom is 0.160 e. The van der Waals surface area contributed by atoms with Crippen LogP contribution < -0.4 is 5.32 Å². The van der Waals surface area contributed by atoms with E-state index < -0.39 is 10.8 Å². The normalized spacial score (nSPS) is 15.3.